The molecule has 2 aromatic heterocycles. The maximum atomic E-state index is 12.0. The first-order valence-electron chi connectivity index (χ1n) is 5.12. The minimum atomic E-state index is -0.161. The topological polar surface area (TPSA) is 43.4 Å². The van der Waals surface area contributed by atoms with Gasteiger partial charge in [0.1, 0.15) is 0 Å². The van der Waals surface area contributed by atoms with Gasteiger partial charge in [-0.1, -0.05) is 11.6 Å². The highest BCUT2D eigenvalue weighted by molar-refractivity contribution is 9.10. The molecule has 3 aromatic rings. The Morgan fingerprint density at radius 2 is 2.00 bits per heavy atom. The van der Waals surface area contributed by atoms with Crippen molar-refractivity contribution < 1.29 is 8.83 Å². The molecule has 18 heavy (non-hydrogen) atoms. The van der Waals surface area contributed by atoms with E-state index in [0.717, 1.165) is 0 Å². The van der Waals surface area contributed by atoms with Crippen LogP contribution in [-0.4, -0.2) is 0 Å². The van der Waals surface area contributed by atoms with Crippen LogP contribution in [-0.2, 0) is 0 Å². The Hall–Kier alpha value is -1.52. The van der Waals surface area contributed by atoms with Crippen molar-refractivity contribution in [1.82, 2.24) is 0 Å². The summed E-state index contributed by atoms with van der Waals surface area (Å²) in [4.78, 5) is 12.0. The second-order valence-corrected chi connectivity index (χ2v) is 5.01. The Morgan fingerprint density at radius 1 is 1.17 bits per heavy atom. The number of hydrogen-bond acceptors (Lipinski definition) is 3. The van der Waals surface area contributed by atoms with Crippen LogP contribution in [0.3, 0.4) is 0 Å². The SMILES string of the molecule is O=c1cc(-c2ccco2)oc2c(Br)cc(Cl)cc12. The molecular formula is C13H6BrClO3. The fourth-order valence-corrected chi connectivity index (χ4v) is 2.61. The van der Waals surface area contributed by atoms with Gasteiger partial charge in [0.05, 0.1) is 16.1 Å². The van der Waals surface area contributed by atoms with Crippen molar-refractivity contribution in [2.24, 2.45) is 0 Å². The van der Waals surface area contributed by atoms with Crippen molar-refractivity contribution in [2.45, 2.75) is 0 Å². The van der Waals surface area contributed by atoms with Crippen molar-refractivity contribution in [3.05, 3.63) is 56.3 Å². The van der Waals surface area contributed by atoms with Crippen LogP contribution in [0.25, 0.3) is 22.5 Å². The number of fused-ring (bicyclic) bond motifs is 1. The van der Waals surface area contributed by atoms with Crippen LogP contribution in [0.4, 0.5) is 0 Å². The zero-order chi connectivity index (χ0) is 12.7. The molecule has 0 amide bonds. The Morgan fingerprint density at radius 3 is 2.72 bits per heavy atom. The third-order valence-electron chi connectivity index (χ3n) is 2.51. The van der Waals surface area contributed by atoms with Crippen LogP contribution in [0, 0.1) is 0 Å². The van der Waals surface area contributed by atoms with Crippen LogP contribution >= 0.6 is 27.5 Å². The lowest BCUT2D eigenvalue weighted by molar-refractivity contribution is 0.536. The van der Waals surface area contributed by atoms with Gasteiger partial charge in [0.15, 0.2) is 22.5 Å². The fourth-order valence-electron chi connectivity index (χ4n) is 1.72. The zero-order valence-electron chi connectivity index (χ0n) is 8.94. The second kappa shape index (κ2) is 4.30. The van der Waals surface area contributed by atoms with Crippen LogP contribution < -0.4 is 5.43 Å². The van der Waals surface area contributed by atoms with Gasteiger partial charge in [0.2, 0.25) is 0 Å². The molecular weight excluding hydrogens is 319 g/mol. The highest BCUT2D eigenvalue weighted by Crippen LogP contribution is 2.29. The summed E-state index contributed by atoms with van der Waals surface area (Å²) in [5.41, 5.74) is 0.296. The zero-order valence-corrected chi connectivity index (χ0v) is 11.3. The molecule has 0 N–H and O–H groups in total. The summed E-state index contributed by atoms with van der Waals surface area (Å²) in [6, 6.07) is 8.12. The minimum Gasteiger partial charge on any atom is -0.461 e. The van der Waals surface area contributed by atoms with Crippen LogP contribution in [0.5, 0.6) is 0 Å². The van der Waals surface area contributed by atoms with Gasteiger partial charge in [0, 0.05) is 11.1 Å². The highest BCUT2D eigenvalue weighted by atomic mass is 79.9. The summed E-state index contributed by atoms with van der Waals surface area (Å²) in [5, 5.41) is 0.914. The Labute approximate surface area is 115 Å². The first kappa shape index (κ1) is 11.6. The number of hydrogen-bond donors (Lipinski definition) is 0. The van der Waals surface area contributed by atoms with Crippen molar-refractivity contribution in [3.8, 4) is 11.5 Å². The van der Waals surface area contributed by atoms with Crippen LogP contribution in [0.2, 0.25) is 5.02 Å². The molecule has 3 rings (SSSR count). The van der Waals surface area contributed by atoms with E-state index in [1.807, 2.05) is 0 Å². The van der Waals surface area contributed by atoms with Gasteiger partial charge in [-0.25, -0.2) is 0 Å². The first-order chi connectivity index (χ1) is 8.65. The lowest BCUT2D eigenvalue weighted by Crippen LogP contribution is -2.00. The quantitative estimate of drug-likeness (QED) is 0.663. The lowest BCUT2D eigenvalue weighted by atomic mass is 10.2. The molecule has 5 heteroatoms. The molecule has 0 aliphatic heterocycles. The van der Waals surface area contributed by atoms with Gasteiger partial charge in [-0.2, -0.15) is 0 Å². The Kier molecular flexibility index (Phi) is 2.76. The number of benzene rings is 1. The van der Waals surface area contributed by atoms with Gasteiger partial charge in [-0.05, 0) is 40.2 Å². The molecule has 0 fully saturated rings. The summed E-state index contributed by atoms with van der Waals surface area (Å²) >= 11 is 9.24. The highest BCUT2D eigenvalue weighted by Gasteiger charge is 2.12. The predicted octanol–water partition coefficient (Wildman–Crippen LogP) is 4.47. The van der Waals surface area contributed by atoms with Gasteiger partial charge in [-0.3, -0.25) is 4.79 Å². The Bertz CT molecular complexity index is 775. The molecule has 0 saturated heterocycles. The van der Waals surface area contributed by atoms with Gasteiger partial charge in [-0.15, -0.1) is 0 Å². The molecule has 0 spiro atoms. The molecule has 0 radical (unpaired) electrons. The molecule has 0 bridgehead atoms. The van der Waals surface area contributed by atoms with E-state index < -0.39 is 0 Å². The fraction of sp³-hybridized carbons (Fsp3) is 0. The number of rotatable bonds is 1. The standard InChI is InChI=1S/C13H6BrClO3/c14-9-5-7(15)4-8-10(16)6-12(18-13(8)9)11-2-1-3-17-11/h1-6H. The predicted molar refractivity (Wildman–Crippen MR) is 72.9 cm³/mol. The minimum absolute atomic E-state index is 0.161. The molecule has 1 aromatic carbocycles. The van der Waals surface area contributed by atoms with Crippen molar-refractivity contribution in [2.75, 3.05) is 0 Å². The average Bonchev–Trinajstić information content (AvgIpc) is 2.83. The third-order valence-corrected chi connectivity index (χ3v) is 3.32. The largest absolute Gasteiger partial charge is 0.461 e. The Balaban J connectivity index is 2.38. The van der Waals surface area contributed by atoms with E-state index >= 15 is 0 Å². The van der Waals surface area contributed by atoms with E-state index in [-0.39, 0.29) is 5.43 Å². The van der Waals surface area contributed by atoms with Crippen molar-refractivity contribution >= 4 is 38.5 Å². The molecule has 0 unspecified atom stereocenters. The second-order valence-electron chi connectivity index (χ2n) is 3.72. The van der Waals surface area contributed by atoms with Crippen molar-refractivity contribution in [1.29, 1.82) is 0 Å². The van der Waals surface area contributed by atoms with E-state index in [1.54, 1.807) is 24.3 Å². The van der Waals surface area contributed by atoms with E-state index in [9.17, 15) is 4.79 Å². The summed E-state index contributed by atoms with van der Waals surface area (Å²) < 4.78 is 11.5. The van der Waals surface area contributed by atoms with Gasteiger partial charge >= 0.3 is 0 Å². The first-order valence-corrected chi connectivity index (χ1v) is 6.29. The van der Waals surface area contributed by atoms with E-state index in [0.29, 0.717) is 32.0 Å². The molecule has 0 saturated carbocycles. The molecule has 3 nitrogen and oxygen atoms in total. The smallest absolute Gasteiger partial charge is 0.193 e. The van der Waals surface area contributed by atoms with E-state index in [1.165, 1.54) is 12.3 Å². The van der Waals surface area contributed by atoms with Crippen LogP contribution in [0.15, 0.2) is 54.7 Å². The lowest BCUT2D eigenvalue weighted by Gasteiger charge is -2.03. The maximum absolute atomic E-state index is 12.0. The molecule has 0 aliphatic carbocycles. The molecule has 0 aliphatic rings. The monoisotopic (exact) mass is 324 g/mol. The molecule has 90 valence electrons. The normalized spacial score (nSPS) is 11.0. The van der Waals surface area contributed by atoms with Crippen LogP contribution in [0.1, 0.15) is 0 Å². The summed E-state index contributed by atoms with van der Waals surface area (Å²) in [5.74, 6) is 0.899. The molecule has 0 atom stereocenters. The van der Waals surface area contributed by atoms with Gasteiger partial charge < -0.3 is 8.83 Å². The summed E-state index contributed by atoms with van der Waals surface area (Å²) in [7, 11) is 0. The number of halogens is 2. The number of furan rings is 1. The van der Waals surface area contributed by atoms with Crippen molar-refractivity contribution in [3.63, 3.8) is 0 Å². The maximum Gasteiger partial charge on any atom is 0.193 e. The molecule has 2 heterocycles. The van der Waals surface area contributed by atoms with E-state index in [2.05, 4.69) is 15.9 Å². The van der Waals surface area contributed by atoms with Gasteiger partial charge in [0.25, 0.3) is 0 Å². The van der Waals surface area contributed by atoms with E-state index in [4.69, 9.17) is 20.4 Å². The summed E-state index contributed by atoms with van der Waals surface area (Å²) in [6.07, 6.45) is 1.52. The third kappa shape index (κ3) is 1.87. The average molecular weight is 326 g/mol. The summed E-state index contributed by atoms with van der Waals surface area (Å²) in [6.45, 7) is 0.